The zero-order chi connectivity index (χ0) is 11.0. The molecule has 0 saturated heterocycles. The number of hydrogen-bond acceptors (Lipinski definition) is 2. The second kappa shape index (κ2) is 7.01. The third-order valence-electron chi connectivity index (χ3n) is 0.997. The second-order valence-electron chi connectivity index (χ2n) is 2.24. The molecule has 0 aromatic carbocycles. The van der Waals surface area contributed by atoms with Crippen molar-refractivity contribution in [2.24, 2.45) is 27.2 Å². The summed E-state index contributed by atoms with van der Waals surface area (Å²) in [7, 11) is 0. The van der Waals surface area contributed by atoms with Gasteiger partial charge in [0.25, 0.3) is 6.43 Å². The molecular weight excluding hydrogens is 196 g/mol. The molecule has 0 radical (unpaired) electrons. The number of aliphatic imine (C=N–C) groups is 2. The van der Waals surface area contributed by atoms with Gasteiger partial charge in [-0.3, -0.25) is 0 Å². The fraction of sp³-hybridized carbons (Fsp3) is 0.667. The van der Waals surface area contributed by atoms with Crippen LogP contribution in [0.15, 0.2) is 9.98 Å². The molecule has 0 saturated carbocycles. The van der Waals surface area contributed by atoms with Crippen molar-refractivity contribution in [3.05, 3.63) is 0 Å². The van der Waals surface area contributed by atoms with Gasteiger partial charge < -0.3 is 21.9 Å². The molecule has 0 heterocycles. The summed E-state index contributed by atoms with van der Waals surface area (Å²) in [5, 5.41) is 0. The fourth-order valence-corrected chi connectivity index (χ4v) is 0.565. The number of nitrogens with two attached hydrogens (primary N) is 3. The lowest BCUT2D eigenvalue weighted by molar-refractivity contribution is 0.0207. The van der Waals surface area contributed by atoms with Crippen LogP contribution in [0.5, 0.6) is 0 Å². The minimum Gasteiger partial charge on any atom is -0.374 e. The van der Waals surface area contributed by atoms with Gasteiger partial charge in [0, 0.05) is 0 Å². The summed E-state index contributed by atoms with van der Waals surface area (Å²) in [6.07, 6.45) is -2.48. The lowest BCUT2D eigenvalue weighted by Gasteiger charge is -2.00. The Kier molecular flexibility index (Phi) is 6.29. The van der Waals surface area contributed by atoms with E-state index in [-0.39, 0.29) is 25.1 Å². The molecular formula is C6H13F2N5O. The molecule has 0 unspecified atom stereocenters. The minimum absolute atomic E-state index is 0.0467. The van der Waals surface area contributed by atoms with Crippen molar-refractivity contribution in [1.82, 2.24) is 0 Å². The molecule has 0 aliphatic rings. The molecule has 6 N–H and O–H groups in total. The summed E-state index contributed by atoms with van der Waals surface area (Å²) in [4.78, 5) is 7.04. The van der Waals surface area contributed by atoms with E-state index in [1.165, 1.54) is 0 Å². The van der Waals surface area contributed by atoms with Crippen LogP contribution in [0.4, 0.5) is 8.78 Å². The van der Waals surface area contributed by atoms with Gasteiger partial charge in [0.15, 0.2) is 5.96 Å². The molecule has 0 amide bonds. The van der Waals surface area contributed by atoms with Crippen molar-refractivity contribution in [2.45, 2.75) is 6.43 Å². The first-order chi connectivity index (χ1) is 6.52. The van der Waals surface area contributed by atoms with E-state index < -0.39 is 13.0 Å². The molecule has 0 aliphatic carbocycles. The number of ether oxygens (including phenoxy) is 1. The molecule has 0 fully saturated rings. The molecule has 0 spiro atoms. The monoisotopic (exact) mass is 209 g/mol. The molecule has 0 atom stereocenters. The van der Waals surface area contributed by atoms with Gasteiger partial charge in [0.2, 0.25) is 5.96 Å². The van der Waals surface area contributed by atoms with Gasteiger partial charge in [-0.1, -0.05) is 0 Å². The average molecular weight is 209 g/mol. The molecule has 0 aliphatic heterocycles. The van der Waals surface area contributed by atoms with Gasteiger partial charge in [-0.2, -0.15) is 4.99 Å². The van der Waals surface area contributed by atoms with Crippen LogP contribution in [0.2, 0.25) is 0 Å². The number of halogens is 2. The molecule has 6 nitrogen and oxygen atoms in total. The summed E-state index contributed by atoms with van der Waals surface area (Å²) in [6, 6.07) is 0. The normalized spacial score (nSPS) is 11.8. The Labute approximate surface area is 79.8 Å². The van der Waals surface area contributed by atoms with Gasteiger partial charge in [0.1, 0.15) is 6.61 Å². The predicted molar refractivity (Wildman–Crippen MR) is 49.1 cm³/mol. The zero-order valence-electron chi connectivity index (χ0n) is 7.49. The summed E-state index contributed by atoms with van der Waals surface area (Å²) >= 11 is 0. The Bertz CT molecular complexity index is 214. The number of nitrogens with zero attached hydrogens (tertiary/aromatic N) is 2. The first kappa shape index (κ1) is 12.6. The highest BCUT2D eigenvalue weighted by molar-refractivity contribution is 5.92. The van der Waals surface area contributed by atoms with Crippen LogP contribution in [0.1, 0.15) is 0 Å². The average Bonchev–Trinajstić information content (AvgIpc) is 2.01. The van der Waals surface area contributed by atoms with Crippen molar-refractivity contribution >= 4 is 11.9 Å². The molecule has 14 heavy (non-hydrogen) atoms. The van der Waals surface area contributed by atoms with Crippen molar-refractivity contribution < 1.29 is 13.5 Å². The molecule has 0 bridgehead atoms. The largest absolute Gasteiger partial charge is 0.374 e. The Morgan fingerprint density at radius 3 is 2.43 bits per heavy atom. The first-order valence-electron chi connectivity index (χ1n) is 3.78. The maximum Gasteiger partial charge on any atom is 0.261 e. The van der Waals surface area contributed by atoms with E-state index in [1.807, 2.05) is 0 Å². The Balaban J connectivity index is 3.56. The SMILES string of the molecule is NC(N)=NC(N)=NCCOCC(F)F. The Morgan fingerprint density at radius 2 is 1.93 bits per heavy atom. The molecule has 0 rings (SSSR count). The molecule has 82 valence electrons. The highest BCUT2D eigenvalue weighted by Gasteiger charge is 2.00. The van der Waals surface area contributed by atoms with E-state index in [0.717, 1.165) is 0 Å². The van der Waals surface area contributed by atoms with Crippen LogP contribution in [0, 0.1) is 0 Å². The maximum atomic E-state index is 11.6. The Hall–Kier alpha value is -1.44. The minimum atomic E-state index is -2.48. The number of hydrogen-bond donors (Lipinski definition) is 3. The second-order valence-corrected chi connectivity index (χ2v) is 2.24. The van der Waals surface area contributed by atoms with E-state index >= 15 is 0 Å². The quantitative estimate of drug-likeness (QED) is 0.301. The first-order valence-corrected chi connectivity index (χ1v) is 3.78. The van der Waals surface area contributed by atoms with Gasteiger partial charge in [-0.25, -0.2) is 13.8 Å². The van der Waals surface area contributed by atoms with Crippen molar-refractivity contribution in [2.75, 3.05) is 19.8 Å². The van der Waals surface area contributed by atoms with Gasteiger partial charge in [0.05, 0.1) is 13.2 Å². The van der Waals surface area contributed by atoms with Crippen LogP contribution >= 0.6 is 0 Å². The molecule has 8 heteroatoms. The lowest BCUT2D eigenvalue weighted by atomic mass is 10.7. The van der Waals surface area contributed by atoms with Gasteiger partial charge in [-0.05, 0) is 0 Å². The van der Waals surface area contributed by atoms with Crippen LogP contribution < -0.4 is 17.2 Å². The standard InChI is InChI=1S/C6H13F2N5O/c7-4(8)3-14-2-1-12-6(11)13-5(9)10/h4H,1-3H2,(H6,9,10,11,12,13). The van der Waals surface area contributed by atoms with Gasteiger partial charge in [-0.15, -0.1) is 0 Å². The summed E-state index contributed by atoms with van der Waals surface area (Å²) in [5.41, 5.74) is 15.2. The number of guanidine groups is 2. The van der Waals surface area contributed by atoms with Gasteiger partial charge >= 0.3 is 0 Å². The summed E-state index contributed by atoms with van der Waals surface area (Å²) in [6.45, 7) is -0.432. The smallest absolute Gasteiger partial charge is 0.261 e. The van der Waals surface area contributed by atoms with Crippen LogP contribution in [-0.2, 0) is 4.74 Å². The third-order valence-corrected chi connectivity index (χ3v) is 0.997. The van der Waals surface area contributed by atoms with Crippen LogP contribution in [-0.4, -0.2) is 38.1 Å². The van der Waals surface area contributed by atoms with E-state index in [9.17, 15) is 8.78 Å². The molecule has 0 aromatic rings. The highest BCUT2D eigenvalue weighted by Crippen LogP contribution is 1.91. The highest BCUT2D eigenvalue weighted by atomic mass is 19.3. The van der Waals surface area contributed by atoms with Crippen LogP contribution in [0.3, 0.4) is 0 Å². The zero-order valence-corrected chi connectivity index (χ0v) is 7.49. The summed E-state index contributed by atoms with van der Waals surface area (Å²) in [5.74, 6) is -0.314. The topological polar surface area (TPSA) is 112 Å². The van der Waals surface area contributed by atoms with E-state index in [2.05, 4.69) is 14.7 Å². The van der Waals surface area contributed by atoms with Crippen molar-refractivity contribution in [3.8, 4) is 0 Å². The van der Waals surface area contributed by atoms with Crippen molar-refractivity contribution in [1.29, 1.82) is 0 Å². The van der Waals surface area contributed by atoms with E-state index in [0.29, 0.717) is 0 Å². The van der Waals surface area contributed by atoms with Crippen molar-refractivity contribution in [3.63, 3.8) is 0 Å². The maximum absolute atomic E-state index is 11.6. The number of rotatable bonds is 5. The van der Waals surface area contributed by atoms with E-state index in [1.54, 1.807) is 0 Å². The third kappa shape index (κ3) is 8.65. The summed E-state index contributed by atoms with van der Waals surface area (Å²) < 4.78 is 27.6. The number of alkyl halides is 2. The predicted octanol–water partition coefficient (Wildman–Crippen LogP) is -1.14. The fourth-order valence-electron chi connectivity index (χ4n) is 0.565. The lowest BCUT2D eigenvalue weighted by Crippen LogP contribution is -2.26. The Morgan fingerprint density at radius 1 is 1.29 bits per heavy atom. The van der Waals surface area contributed by atoms with E-state index in [4.69, 9.17) is 17.2 Å². The molecule has 0 aromatic heterocycles. The van der Waals surface area contributed by atoms with Crippen LogP contribution in [0.25, 0.3) is 0 Å².